The van der Waals surface area contributed by atoms with Crippen LogP contribution in [0.1, 0.15) is 6.42 Å². The van der Waals surface area contributed by atoms with Crippen LogP contribution in [0.4, 0.5) is 0 Å². The zero-order chi connectivity index (χ0) is 9.99. The second-order valence-electron chi connectivity index (χ2n) is 5.52. The topological polar surface area (TPSA) is 26.0 Å². The average Bonchev–Trinajstić information content (AvgIpc) is 1.77. The molecule has 0 amide bonds. The predicted molar refractivity (Wildman–Crippen MR) is 63.6 cm³/mol. The van der Waals surface area contributed by atoms with Crippen molar-refractivity contribution in [3.63, 3.8) is 0 Å². The van der Waals surface area contributed by atoms with Crippen LogP contribution in [0.2, 0.25) is 39.3 Å². The van der Waals surface area contributed by atoms with E-state index in [1.807, 2.05) is 5.16 Å². The maximum absolute atomic E-state index is 5.65. The van der Waals surface area contributed by atoms with Gasteiger partial charge in [0, 0.05) is 16.1 Å². The van der Waals surface area contributed by atoms with Gasteiger partial charge in [-0.3, -0.25) is 0 Å². The Morgan fingerprint density at radius 2 is 1.25 bits per heavy atom. The molecule has 0 saturated heterocycles. The molecule has 0 aliphatic carbocycles. The smallest absolute Gasteiger partial charge is 0.0479 e. The fourth-order valence-corrected chi connectivity index (χ4v) is 12.8. The Kier molecular flexibility index (Phi) is 4.20. The van der Waals surface area contributed by atoms with Crippen LogP contribution in [-0.2, 0) is 0 Å². The lowest BCUT2D eigenvalue weighted by Crippen LogP contribution is -2.47. The van der Waals surface area contributed by atoms with Gasteiger partial charge in [0.1, 0.15) is 0 Å². The lowest BCUT2D eigenvalue weighted by atomic mass is 10.5. The zero-order valence-electron chi connectivity index (χ0n) is 9.49. The SMILES string of the molecule is C[Si](C)(C)[C](CCN)[Si](C)(C)C. The summed E-state index contributed by atoms with van der Waals surface area (Å²) in [7, 11) is -2.09. The third-order valence-corrected chi connectivity index (χ3v) is 10.8. The number of hydrogen-bond donors (Lipinski definition) is 1. The molecule has 1 radical (unpaired) electrons. The monoisotopic (exact) mass is 202 g/mol. The van der Waals surface area contributed by atoms with Crippen LogP contribution in [0, 0.1) is 5.16 Å². The molecule has 0 saturated carbocycles. The third kappa shape index (κ3) is 3.87. The summed E-state index contributed by atoms with van der Waals surface area (Å²) in [5.41, 5.74) is 5.65. The molecule has 0 bridgehead atoms. The molecule has 73 valence electrons. The first-order valence-corrected chi connectivity index (χ1v) is 11.8. The molecule has 0 aliphatic rings. The Morgan fingerprint density at radius 3 is 1.33 bits per heavy atom. The highest BCUT2D eigenvalue weighted by Crippen LogP contribution is 2.30. The minimum absolute atomic E-state index is 0.837. The van der Waals surface area contributed by atoms with Crippen molar-refractivity contribution in [2.24, 2.45) is 5.73 Å². The zero-order valence-corrected chi connectivity index (χ0v) is 11.5. The molecule has 0 aliphatic heterocycles. The van der Waals surface area contributed by atoms with Crippen LogP contribution < -0.4 is 5.73 Å². The lowest BCUT2D eigenvalue weighted by molar-refractivity contribution is 0.945. The van der Waals surface area contributed by atoms with E-state index in [2.05, 4.69) is 39.3 Å². The summed E-state index contributed by atoms with van der Waals surface area (Å²) in [5.74, 6) is 0. The van der Waals surface area contributed by atoms with Gasteiger partial charge in [-0.2, -0.15) is 0 Å². The highest BCUT2D eigenvalue weighted by Gasteiger charge is 2.36. The van der Waals surface area contributed by atoms with Crippen molar-refractivity contribution in [1.82, 2.24) is 0 Å². The van der Waals surface area contributed by atoms with Gasteiger partial charge < -0.3 is 5.73 Å². The molecular formula is C9H24NSi2. The van der Waals surface area contributed by atoms with Gasteiger partial charge in [-0.05, 0) is 18.1 Å². The summed E-state index contributed by atoms with van der Waals surface area (Å²) in [6, 6.07) is 0. The fraction of sp³-hybridized carbons (Fsp3) is 0.889. The number of rotatable bonds is 4. The van der Waals surface area contributed by atoms with Crippen molar-refractivity contribution in [3.05, 3.63) is 5.16 Å². The first-order chi connectivity index (χ1) is 5.19. The van der Waals surface area contributed by atoms with E-state index in [0.29, 0.717) is 0 Å². The molecule has 1 nitrogen and oxygen atoms in total. The van der Waals surface area contributed by atoms with E-state index in [9.17, 15) is 0 Å². The van der Waals surface area contributed by atoms with E-state index < -0.39 is 16.1 Å². The van der Waals surface area contributed by atoms with Crippen molar-refractivity contribution < 1.29 is 0 Å². The van der Waals surface area contributed by atoms with Crippen LogP contribution in [0.25, 0.3) is 0 Å². The molecule has 2 N–H and O–H groups in total. The standard InChI is InChI=1S/C9H24NSi2/c1-11(2,3)9(7-8-10)12(4,5)6/h7-8,10H2,1-6H3. The second-order valence-corrected chi connectivity index (χ2v) is 16.2. The molecule has 0 unspecified atom stereocenters. The van der Waals surface area contributed by atoms with Crippen LogP contribution in [-0.4, -0.2) is 22.7 Å². The molecule has 0 atom stereocenters. The third-order valence-electron chi connectivity index (χ3n) is 2.20. The van der Waals surface area contributed by atoms with E-state index in [1.54, 1.807) is 0 Å². The van der Waals surface area contributed by atoms with Crippen LogP contribution in [0.5, 0.6) is 0 Å². The molecule has 0 aromatic rings. The Morgan fingerprint density at radius 1 is 0.917 bits per heavy atom. The summed E-state index contributed by atoms with van der Waals surface area (Å²) in [6.45, 7) is 15.5. The molecular weight excluding hydrogens is 178 g/mol. The Balaban J connectivity index is 4.45. The first kappa shape index (κ1) is 12.4. The Hall–Kier alpha value is 0.394. The van der Waals surface area contributed by atoms with Gasteiger partial charge in [-0.1, -0.05) is 39.3 Å². The van der Waals surface area contributed by atoms with Gasteiger partial charge in [-0.15, -0.1) is 0 Å². The molecule has 0 aromatic carbocycles. The highest BCUT2D eigenvalue weighted by molar-refractivity contribution is 7.02. The quantitative estimate of drug-likeness (QED) is 0.697. The number of nitrogens with two attached hydrogens (primary N) is 1. The van der Waals surface area contributed by atoms with Gasteiger partial charge >= 0.3 is 0 Å². The predicted octanol–water partition coefficient (Wildman–Crippen LogP) is 2.66. The van der Waals surface area contributed by atoms with Crippen molar-refractivity contribution in [3.8, 4) is 0 Å². The molecule has 0 fully saturated rings. The Labute approximate surface area is 79.8 Å². The number of hydrogen-bond acceptors (Lipinski definition) is 1. The minimum atomic E-state index is -1.04. The molecule has 0 heterocycles. The van der Waals surface area contributed by atoms with Gasteiger partial charge in [0.05, 0.1) is 0 Å². The first-order valence-electron chi connectivity index (χ1n) is 4.76. The maximum Gasteiger partial charge on any atom is 0.0479 e. The molecule has 0 aromatic heterocycles. The molecule has 12 heavy (non-hydrogen) atoms. The summed E-state index contributed by atoms with van der Waals surface area (Å²) in [4.78, 5) is 0. The van der Waals surface area contributed by atoms with Crippen LogP contribution >= 0.6 is 0 Å². The van der Waals surface area contributed by atoms with E-state index in [1.165, 1.54) is 6.42 Å². The fourth-order valence-electron chi connectivity index (χ4n) is 2.02. The van der Waals surface area contributed by atoms with Gasteiger partial charge in [0.15, 0.2) is 0 Å². The summed E-state index contributed by atoms with van der Waals surface area (Å²) < 4.78 is 0. The van der Waals surface area contributed by atoms with Crippen molar-refractivity contribution >= 4 is 16.1 Å². The van der Waals surface area contributed by atoms with E-state index in [-0.39, 0.29) is 0 Å². The van der Waals surface area contributed by atoms with E-state index in [0.717, 1.165) is 6.54 Å². The van der Waals surface area contributed by atoms with Gasteiger partial charge in [0.25, 0.3) is 0 Å². The van der Waals surface area contributed by atoms with Crippen molar-refractivity contribution in [1.29, 1.82) is 0 Å². The molecule has 0 spiro atoms. The molecule has 3 heteroatoms. The highest BCUT2D eigenvalue weighted by atomic mass is 28.4. The van der Waals surface area contributed by atoms with Crippen molar-refractivity contribution in [2.45, 2.75) is 45.7 Å². The van der Waals surface area contributed by atoms with Crippen molar-refractivity contribution in [2.75, 3.05) is 6.54 Å². The lowest BCUT2D eigenvalue weighted by Gasteiger charge is -2.37. The average molecular weight is 202 g/mol. The second kappa shape index (κ2) is 4.07. The normalized spacial score (nSPS) is 14.0. The van der Waals surface area contributed by atoms with Crippen LogP contribution in [0.3, 0.4) is 0 Å². The largest absolute Gasteiger partial charge is 0.330 e. The van der Waals surface area contributed by atoms with Gasteiger partial charge in [0.2, 0.25) is 0 Å². The minimum Gasteiger partial charge on any atom is -0.330 e. The summed E-state index contributed by atoms with van der Waals surface area (Å²) in [6.07, 6.45) is 1.17. The van der Waals surface area contributed by atoms with Gasteiger partial charge in [-0.25, -0.2) is 0 Å². The Bertz CT molecular complexity index is 118. The summed E-state index contributed by atoms with van der Waals surface area (Å²) >= 11 is 0. The van der Waals surface area contributed by atoms with Crippen LogP contribution in [0.15, 0.2) is 0 Å². The molecule has 0 rings (SSSR count). The van der Waals surface area contributed by atoms with E-state index >= 15 is 0 Å². The van der Waals surface area contributed by atoms with E-state index in [4.69, 9.17) is 5.73 Å². The maximum atomic E-state index is 5.65. The summed E-state index contributed by atoms with van der Waals surface area (Å²) in [5, 5.41) is 1.84.